The van der Waals surface area contributed by atoms with Gasteiger partial charge in [-0.1, -0.05) is 19.9 Å². The Balaban J connectivity index is 2.82. The molecule has 0 fully saturated rings. The highest BCUT2D eigenvalue weighted by molar-refractivity contribution is 7.89. The lowest BCUT2D eigenvalue weighted by Gasteiger charge is -2.19. The van der Waals surface area contributed by atoms with Crippen LogP contribution < -0.4 is 4.72 Å². The van der Waals surface area contributed by atoms with Crippen molar-refractivity contribution < 1.29 is 17.9 Å². The third kappa shape index (κ3) is 5.37. The molecule has 1 atom stereocenters. The summed E-state index contributed by atoms with van der Waals surface area (Å²) in [6.07, 6.45) is 1.37. The molecule has 0 spiro atoms. The van der Waals surface area contributed by atoms with E-state index in [4.69, 9.17) is 5.11 Å². The van der Waals surface area contributed by atoms with Crippen molar-refractivity contribution in [1.29, 1.82) is 0 Å². The van der Waals surface area contributed by atoms with Gasteiger partial charge in [0.1, 0.15) is 5.82 Å². The predicted molar refractivity (Wildman–Crippen MR) is 81.0 cm³/mol. The Bertz CT molecular complexity index is 558. The van der Waals surface area contributed by atoms with E-state index in [-0.39, 0.29) is 29.5 Å². The Hall–Kier alpha value is -0.980. The lowest BCUT2D eigenvalue weighted by Crippen LogP contribution is -2.31. The number of benzene rings is 1. The second kappa shape index (κ2) is 7.87. The van der Waals surface area contributed by atoms with Gasteiger partial charge in [-0.05, 0) is 43.7 Å². The van der Waals surface area contributed by atoms with Gasteiger partial charge in [0.2, 0.25) is 10.0 Å². The van der Waals surface area contributed by atoms with Crippen molar-refractivity contribution in [2.24, 2.45) is 11.8 Å². The number of halogens is 1. The topological polar surface area (TPSA) is 66.4 Å². The van der Waals surface area contributed by atoms with Crippen molar-refractivity contribution in [3.05, 3.63) is 29.6 Å². The maximum atomic E-state index is 13.5. The molecule has 0 aliphatic carbocycles. The Morgan fingerprint density at radius 3 is 2.57 bits per heavy atom. The van der Waals surface area contributed by atoms with Gasteiger partial charge in [-0.15, -0.1) is 0 Å². The molecule has 0 radical (unpaired) electrons. The molecule has 1 aromatic carbocycles. The minimum Gasteiger partial charge on any atom is -0.396 e. The van der Waals surface area contributed by atoms with Gasteiger partial charge in [-0.2, -0.15) is 0 Å². The summed E-state index contributed by atoms with van der Waals surface area (Å²) in [6, 6.07) is 4.02. The van der Waals surface area contributed by atoms with Crippen molar-refractivity contribution in [1.82, 2.24) is 4.72 Å². The molecule has 1 unspecified atom stereocenters. The second-order valence-electron chi connectivity index (χ2n) is 5.72. The van der Waals surface area contributed by atoms with E-state index in [9.17, 15) is 12.8 Å². The summed E-state index contributed by atoms with van der Waals surface area (Å²) in [4.78, 5) is -0.0326. The fourth-order valence-electron chi connectivity index (χ4n) is 2.34. The molecule has 0 aliphatic rings. The Morgan fingerprint density at radius 1 is 1.33 bits per heavy atom. The normalized spacial score (nSPS) is 13.6. The third-order valence-electron chi connectivity index (χ3n) is 3.41. The summed E-state index contributed by atoms with van der Waals surface area (Å²) in [5, 5.41) is 9.05. The Morgan fingerprint density at radius 2 is 2.00 bits per heavy atom. The molecule has 0 aromatic heterocycles. The first-order valence-corrected chi connectivity index (χ1v) is 8.62. The van der Waals surface area contributed by atoms with Gasteiger partial charge >= 0.3 is 0 Å². The van der Waals surface area contributed by atoms with Crippen LogP contribution in [0.3, 0.4) is 0 Å². The zero-order chi connectivity index (χ0) is 16.0. The van der Waals surface area contributed by atoms with Crippen LogP contribution in [0.5, 0.6) is 0 Å². The highest BCUT2D eigenvalue weighted by Crippen LogP contribution is 2.19. The number of hydrogen-bond donors (Lipinski definition) is 2. The summed E-state index contributed by atoms with van der Waals surface area (Å²) < 4.78 is 40.5. The largest absolute Gasteiger partial charge is 0.396 e. The zero-order valence-electron chi connectivity index (χ0n) is 12.8. The quantitative estimate of drug-likeness (QED) is 0.774. The molecule has 4 nitrogen and oxygen atoms in total. The van der Waals surface area contributed by atoms with Crippen LogP contribution in [0, 0.1) is 24.6 Å². The van der Waals surface area contributed by atoms with Crippen molar-refractivity contribution in [2.75, 3.05) is 13.2 Å². The minimum absolute atomic E-state index is 0.0259. The van der Waals surface area contributed by atoms with Crippen molar-refractivity contribution in [3.8, 4) is 0 Å². The van der Waals surface area contributed by atoms with E-state index < -0.39 is 15.8 Å². The van der Waals surface area contributed by atoms with Gasteiger partial charge < -0.3 is 5.11 Å². The van der Waals surface area contributed by atoms with E-state index in [1.54, 1.807) is 0 Å². The van der Waals surface area contributed by atoms with Gasteiger partial charge in [-0.25, -0.2) is 17.5 Å². The molecule has 0 saturated heterocycles. The lowest BCUT2D eigenvalue weighted by molar-refractivity contribution is 0.243. The predicted octanol–water partition coefficient (Wildman–Crippen LogP) is 2.46. The van der Waals surface area contributed by atoms with Gasteiger partial charge in [-0.3, -0.25) is 0 Å². The van der Waals surface area contributed by atoms with E-state index in [1.165, 1.54) is 25.1 Å². The van der Waals surface area contributed by atoms with Gasteiger partial charge in [0.05, 0.1) is 4.90 Å². The van der Waals surface area contributed by atoms with E-state index in [0.717, 1.165) is 6.42 Å². The number of nitrogens with one attached hydrogen (secondary N) is 1. The third-order valence-corrected chi connectivity index (χ3v) is 4.98. The molecule has 21 heavy (non-hydrogen) atoms. The van der Waals surface area contributed by atoms with Crippen LogP contribution in [-0.4, -0.2) is 26.7 Å². The van der Waals surface area contributed by atoms with Crippen LogP contribution in [0.15, 0.2) is 23.1 Å². The molecule has 0 amide bonds. The number of rotatable bonds is 8. The molecule has 0 bridgehead atoms. The van der Waals surface area contributed by atoms with Crippen LogP contribution in [0.1, 0.15) is 32.3 Å². The maximum Gasteiger partial charge on any atom is 0.240 e. The first-order chi connectivity index (χ1) is 9.77. The second-order valence-corrected chi connectivity index (χ2v) is 7.46. The fraction of sp³-hybridized carbons (Fsp3) is 0.600. The fourth-order valence-corrected chi connectivity index (χ4v) is 3.71. The van der Waals surface area contributed by atoms with E-state index >= 15 is 0 Å². The molecular formula is C15H24FNO3S. The monoisotopic (exact) mass is 317 g/mol. The first kappa shape index (κ1) is 18.1. The lowest BCUT2D eigenvalue weighted by atomic mass is 9.95. The molecule has 0 heterocycles. The van der Waals surface area contributed by atoms with E-state index in [2.05, 4.69) is 18.6 Å². The van der Waals surface area contributed by atoms with Crippen molar-refractivity contribution in [3.63, 3.8) is 0 Å². The molecule has 1 aromatic rings. The van der Waals surface area contributed by atoms with Gasteiger partial charge in [0, 0.05) is 18.7 Å². The Labute approximate surface area is 126 Å². The standard InChI is InChI=1S/C15H24FNO3S/c1-11(2)9-13(7-8-18)10-17-21(19,20)15-6-4-5-14(16)12(15)3/h4-6,11,13,17-18H,7-10H2,1-3H3. The van der Waals surface area contributed by atoms with Gasteiger partial charge in [0.15, 0.2) is 0 Å². The molecule has 0 aliphatic heterocycles. The average molecular weight is 317 g/mol. The number of aliphatic hydroxyl groups is 1. The van der Waals surface area contributed by atoms with Crippen LogP contribution in [0.2, 0.25) is 0 Å². The number of aliphatic hydroxyl groups excluding tert-OH is 1. The molecule has 0 saturated carbocycles. The summed E-state index contributed by atoms with van der Waals surface area (Å²) >= 11 is 0. The van der Waals surface area contributed by atoms with Gasteiger partial charge in [0.25, 0.3) is 0 Å². The van der Waals surface area contributed by atoms with Crippen LogP contribution in [0.25, 0.3) is 0 Å². The zero-order valence-corrected chi connectivity index (χ0v) is 13.6. The van der Waals surface area contributed by atoms with Crippen molar-refractivity contribution in [2.45, 2.75) is 38.5 Å². The molecule has 120 valence electrons. The summed E-state index contributed by atoms with van der Waals surface area (Å²) in [5.41, 5.74) is 0.118. The summed E-state index contributed by atoms with van der Waals surface area (Å²) in [5.74, 6) is -0.0486. The van der Waals surface area contributed by atoms with E-state index in [1.807, 2.05) is 0 Å². The van der Waals surface area contributed by atoms with E-state index in [0.29, 0.717) is 12.3 Å². The average Bonchev–Trinajstić information content (AvgIpc) is 2.39. The van der Waals surface area contributed by atoms with Crippen LogP contribution >= 0.6 is 0 Å². The first-order valence-electron chi connectivity index (χ1n) is 7.13. The molecular weight excluding hydrogens is 293 g/mol. The highest BCUT2D eigenvalue weighted by atomic mass is 32.2. The minimum atomic E-state index is -3.73. The maximum absolute atomic E-state index is 13.5. The summed E-state index contributed by atoms with van der Waals surface area (Å²) in [6.45, 7) is 5.82. The van der Waals surface area contributed by atoms with Crippen LogP contribution in [-0.2, 0) is 10.0 Å². The summed E-state index contributed by atoms with van der Waals surface area (Å²) in [7, 11) is -3.73. The van der Waals surface area contributed by atoms with Crippen molar-refractivity contribution >= 4 is 10.0 Å². The SMILES string of the molecule is Cc1c(F)cccc1S(=O)(=O)NCC(CCO)CC(C)C. The Kier molecular flexibility index (Phi) is 6.77. The highest BCUT2D eigenvalue weighted by Gasteiger charge is 2.20. The molecule has 2 N–H and O–H groups in total. The molecule has 6 heteroatoms. The number of sulfonamides is 1. The molecule has 1 rings (SSSR count). The smallest absolute Gasteiger partial charge is 0.240 e. The number of hydrogen-bond acceptors (Lipinski definition) is 3. The van der Waals surface area contributed by atoms with Crippen LogP contribution in [0.4, 0.5) is 4.39 Å².